The molecule has 3 N–H and O–H groups in total. The molecule has 1 aromatic rings. The minimum atomic E-state index is -0.0471. The minimum absolute atomic E-state index is 0.0152. The zero-order chi connectivity index (χ0) is 13.6. The average molecular weight is 391 g/mol. The van der Waals surface area contributed by atoms with E-state index in [4.69, 9.17) is 17.3 Å². The topological polar surface area (TPSA) is 55.1 Å². The van der Waals surface area contributed by atoms with E-state index in [0.29, 0.717) is 22.5 Å². The van der Waals surface area contributed by atoms with Crippen molar-refractivity contribution < 1.29 is 4.79 Å². The molecule has 4 unspecified atom stereocenters. The maximum absolute atomic E-state index is 12.4. The third-order valence-electron chi connectivity index (χ3n) is 4.47. The second-order valence-electron chi connectivity index (χ2n) is 5.55. The van der Waals surface area contributed by atoms with E-state index < -0.39 is 0 Å². The predicted octanol–water partition coefficient (Wildman–Crippen LogP) is 3.26. The number of carbonyl (C=O) groups is 1. The lowest BCUT2D eigenvalue weighted by molar-refractivity contribution is -0.121. The number of amides is 1. The van der Waals surface area contributed by atoms with Crippen molar-refractivity contribution in [2.75, 3.05) is 5.32 Å². The Balaban J connectivity index is 1.75. The van der Waals surface area contributed by atoms with Gasteiger partial charge < -0.3 is 11.1 Å². The third kappa shape index (κ3) is 2.50. The van der Waals surface area contributed by atoms with Crippen LogP contribution in [-0.4, -0.2) is 11.9 Å². The highest BCUT2D eigenvalue weighted by molar-refractivity contribution is 14.1. The van der Waals surface area contributed by atoms with Crippen LogP contribution in [0.4, 0.5) is 5.69 Å². The average Bonchev–Trinajstić information content (AvgIpc) is 2.93. The van der Waals surface area contributed by atoms with Crippen LogP contribution >= 0.6 is 34.2 Å². The van der Waals surface area contributed by atoms with Crippen molar-refractivity contribution in [2.45, 2.75) is 25.3 Å². The van der Waals surface area contributed by atoms with Gasteiger partial charge in [-0.3, -0.25) is 4.79 Å². The molecule has 3 rings (SSSR count). The van der Waals surface area contributed by atoms with Gasteiger partial charge in [0, 0.05) is 9.61 Å². The summed E-state index contributed by atoms with van der Waals surface area (Å²) in [6, 6.07) is 5.64. The highest BCUT2D eigenvalue weighted by Gasteiger charge is 2.49. The number of benzene rings is 1. The Morgan fingerprint density at radius 1 is 1.37 bits per heavy atom. The van der Waals surface area contributed by atoms with Crippen LogP contribution in [0.15, 0.2) is 18.2 Å². The Morgan fingerprint density at radius 2 is 2.11 bits per heavy atom. The van der Waals surface area contributed by atoms with E-state index in [1.54, 1.807) is 0 Å². The van der Waals surface area contributed by atoms with E-state index in [2.05, 4.69) is 27.9 Å². The number of nitrogens with one attached hydrogen (secondary N) is 1. The zero-order valence-electron chi connectivity index (χ0n) is 10.4. The fourth-order valence-electron chi connectivity index (χ4n) is 3.53. The summed E-state index contributed by atoms with van der Waals surface area (Å²) in [5.41, 5.74) is 6.87. The molecule has 2 fully saturated rings. The van der Waals surface area contributed by atoms with Gasteiger partial charge >= 0.3 is 0 Å². The van der Waals surface area contributed by atoms with Gasteiger partial charge in [0.1, 0.15) is 0 Å². The molecule has 2 bridgehead atoms. The lowest BCUT2D eigenvalue weighted by atomic mass is 9.84. The normalized spacial score (nSPS) is 32.6. The summed E-state index contributed by atoms with van der Waals surface area (Å²) in [5.74, 6) is 0.979. The second-order valence-corrected chi connectivity index (χ2v) is 7.20. The van der Waals surface area contributed by atoms with E-state index in [1.807, 2.05) is 18.2 Å². The maximum Gasteiger partial charge on any atom is 0.229 e. The van der Waals surface area contributed by atoms with Gasteiger partial charge in [0.05, 0.1) is 16.6 Å². The molecule has 102 valence electrons. The SMILES string of the molecule is NC1C2CCC(C2)C1C(=O)Nc1ccc(I)cc1Cl. The van der Waals surface area contributed by atoms with Crippen LogP contribution in [0.3, 0.4) is 0 Å². The Labute approximate surface area is 131 Å². The number of carbonyl (C=O) groups excluding carboxylic acids is 1. The predicted molar refractivity (Wildman–Crippen MR) is 85.1 cm³/mol. The summed E-state index contributed by atoms with van der Waals surface area (Å²) in [7, 11) is 0. The van der Waals surface area contributed by atoms with Crippen molar-refractivity contribution in [2.24, 2.45) is 23.5 Å². The molecule has 2 aliphatic rings. The molecule has 1 amide bonds. The Hall–Kier alpha value is -0.330. The first-order valence-corrected chi connectivity index (χ1v) is 8.03. The Kier molecular flexibility index (Phi) is 3.75. The summed E-state index contributed by atoms with van der Waals surface area (Å²) in [4.78, 5) is 12.4. The Bertz CT molecular complexity index is 520. The van der Waals surface area contributed by atoms with Gasteiger partial charge in [0.15, 0.2) is 0 Å². The quantitative estimate of drug-likeness (QED) is 0.762. The molecule has 0 saturated heterocycles. The van der Waals surface area contributed by atoms with Gasteiger partial charge in [-0.05, 0) is 71.9 Å². The molecule has 2 aliphatic carbocycles. The molecule has 4 atom stereocenters. The highest BCUT2D eigenvalue weighted by atomic mass is 127. The van der Waals surface area contributed by atoms with Crippen molar-refractivity contribution in [3.63, 3.8) is 0 Å². The zero-order valence-corrected chi connectivity index (χ0v) is 13.3. The summed E-state index contributed by atoms with van der Waals surface area (Å²) in [6.45, 7) is 0. The molecule has 0 heterocycles. The second kappa shape index (κ2) is 5.22. The van der Waals surface area contributed by atoms with Gasteiger partial charge in [-0.25, -0.2) is 0 Å². The number of rotatable bonds is 2. The number of hydrogen-bond acceptors (Lipinski definition) is 2. The molecule has 5 heteroatoms. The van der Waals surface area contributed by atoms with E-state index in [-0.39, 0.29) is 17.9 Å². The fraction of sp³-hybridized carbons (Fsp3) is 0.500. The van der Waals surface area contributed by atoms with Crippen LogP contribution in [0.25, 0.3) is 0 Å². The summed E-state index contributed by atoms with van der Waals surface area (Å²) >= 11 is 8.34. The van der Waals surface area contributed by atoms with Crippen LogP contribution in [0.2, 0.25) is 5.02 Å². The molecule has 1 aromatic carbocycles. The number of hydrogen-bond donors (Lipinski definition) is 2. The summed E-state index contributed by atoms with van der Waals surface area (Å²) in [5, 5.41) is 3.52. The molecule has 0 aliphatic heterocycles. The van der Waals surface area contributed by atoms with Gasteiger partial charge in [-0.2, -0.15) is 0 Å². The molecule has 0 aromatic heterocycles. The lowest BCUT2D eigenvalue weighted by Crippen LogP contribution is -2.42. The number of anilines is 1. The number of halogens is 2. The van der Waals surface area contributed by atoms with Gasteiger partial charge in [0.25, 0.3) is 0 Å². The highest BCUT2D eigenvalue weighted by Crippen LogP contribution is 2.48. The lowest BCUT2D eigenvalue weighted by Gasteiger charge is -2.27. The third-order valence-corrected chi connectivity index (χ3v) is 5.46. The first-order chi connectivity index (χ1) is 9.06. The molecule has 0 radical (unpaired) electrons. The van der Waals surface area contributed by atoms with E-state index in [9.17, 15) is 4.79 Å². The first-order valence-electron chi connectivity index (χ1n) is 6.58. The summed E-state index contributed by atoms with van der Waals surface area (Å²) in [6.07, 6.45) is 3.43. The standard InChI is InChI=1S/C14H16ClIN2O/c15-10-6-9(16)3-4-11(10)18-14(19)12-7-1-2-8(5-7)13(12)17/h3-4,6-8,12-13H,1-2,5,17H2,(H,18,19). The molecule has 0 spiro atoms. The van der Waals surface area contributed by atoms with E-state index in [1.165, 1.54) is 6.42 Å². The number of nitrogens with two attached hydrogens (primary N) is 1. The minimum Gasteiger partial charge on any atom is -0.327 e. The molecular formula is C14H16ClIN2O. The fourth-order valence-corrected chi connectivity index (χ4v) is 4.43. The van der Waals surface area contributed by atoms with Crippen LogP contribution in [0.1, 0.15) is 19.3 Å². The van der Waals surface area contributed by atoms with Gasteiger partial charge in [-0.15, -0.1) is 0 Å². The van der Waals surface area contributed by atoms with Crippen LogP contribution < -0.4 is 11.1 Å². The largest absolute Gasteiger partial charge is 0.327 e. The van der Waals surface area contributed by atoms with Crippen molar-refractivity contribution in [3.8, 4) is 0 Å². The van der Waals surface area contributed by atoms with Crippen molar-refractivity contribution >= 4 is 45.8 Å². The maximum atomic E-state index is 12.4. The van der Waals surface area contributed by atoms with E-state index in [0.717, 1.165) is 16.4 Å². The van der Waals surface area contributed by atoms with Crippen molar-refractivity contribution in [1.82, 2.24) is 0 Å². The van der Waals surface area contributed by atoms with Gasteiger partial charge in [0.2, 0.25) is 5.91 Å². The first kappa shape index (κ1) is 13.6. The van der Waals surface area contributed by atoms with Crippen LogP contribution in [-0.2, 0) is 4.79 Å². The smallest absolute Gasteiger partial charge is 0.229 e. The molecule has 19 heavy (non-hydrogen) atoms. The van der Waals surface area contributed by atoms with Crippen LogP contribution in [0, 0.1) is 21.3 Å². The van der Waals surface area contributed by atoms with E-state index >= 15 is 0 Å². The van der Waals surface area contributed by atoms with Crippen molar-refractivity contribution in [3.05, 3.63) is 26.8 Å². The summed E-state index contributed by atoms with van der Waals surface area (Å²) < 4.78 is 1.05. The Morgan fingerprint density at radius 3 is 2.74 bits per heavy atom. The van der Waals surface area contributed by atoms with Crippen molar-refractivity contribution in [1.29, 1.82) is 0 Å². The monoisotopic (exact) mass is 390 g/mol. The molecular weight excluding hydrogens is 375 g/mol. The van der Waals surface area contributed by atoms with Gasteiger partial charge in [-0.1, -0.05) is 11.6 Å². The molecule has 3 nitrogen and oxygen atoms in total. The van der Waals surface area contributed by atoms with Crippen LogP contribution in [0.5, 0.6) is 0 Å². The number of fused-ring (bicyclic) bond motifs is 2. The molecule has 2 saturated carbocycles.